The molecule has 0 atom stereocenters. The summed E-state index contributed by atoms with van der Waals surface area (Å²) in [4.78, 5) is 7.17. The molecule has 0 amide bonds. The Labute approximate surface area is 103 Å². The van der Waals surface area contributed by atoms with Gasteiger partial charge in [-0.15, -0.1) is 0 Å². The van der Waals surface area contributed by atoms with Crippen LogP contribution in [0, 0.1) is 0 Å². The molecule has 0 saturated heterocycles. The SMILES string of the molecule is Clc1ccc2c(Nc3ccncc3)c[nH]c2c1. The van der Waals surface area contributed by atoms with Crippen LogP contribution in [0.15, 0.2) is 48.9 Å². The van der Waals surface area contributed by atoms with Gasteiger partial charge < -0.3 is 10.3 Å². The number of hydrogen-bond acceptors (Lipinski definition) is 2. The van der Waals surface area contributed by atoms with Crippen LogP contribution in [0.2, 0.25) is 5.02 Å². The van der Waals surface area contributed by atoms with Crippen molar-refractivity contribution >= 4 is 33.9 Å². The minimum Gasteiger partial charge on any atom is -0.359 e. The predicted molar refractivity (Wildman–Crippen MR) is 70.8 cm³/mol. The molecule has 0 aliphatic heterocycles. The van der Waals surface area contributed by atoms with Gasteiger partial charge in [-0.25, -0.2) is 0 Å². The lowest BCUT2D eigenvalue weighted by Crippen LogP contribution is -1.88. The molecule has 3 rings (SSSR count). The highest BCUT2D eigenvalue weighted by Crippen LogP contribution is 2.27. The van der Waals surface area contributed by atoms with E-state index in [1.54, 1.807) is 12.4 Å². The Morgan fingerprint density at radius 1 is 1.12 bits per heavy atom. The van der Waals surface area contributed by atoms with E-state index in [9.17, 15) is 0 Å². The molecule has 0 saturated carbocycles. The van der Waals surface area contributed by atoms with Gasteiger partial charge in [0.15, 0.2) is 0 Å². The number of aromatic amines is 1. The molecule has 0 spiro atoms. The van der Waals surface area contributed by atoms with Crippen LogP contribution in [-0.4, -0.2) is 9.97 Å². The Morgan fingerprint density at radius 2 is 1.94 bits per heavy atom. The van der Waals surface area contributed by atoms with Gasteiger partial charge in [0.1, 0.15) is 0 Å². The second-order valence-electron chi connectivity index (χ2n) is 3.75. The minimum atomic E-state index is 0.731. The molecule has 3 nitrogen and oxygen atoms in total. The van der Waals surface area contributed by atoms with Crippen LogP contribution >= 0.6 is 11.6 Å². The molecule has 0 aliphatic rings. The summed E-state index contributed by atoms with van der Waals surface area (Å²) in [5.41, 5.74) is 3.06. The van der Waals surface area contributed by atoms with Gasteiger partial charge in [-0.2, -0.15) is 0 Å². The van der Waals surface area contributed by atoms with Gasteiger partial charge >= 0.3 is 0 Å². The molecule has 1 aromatic carbocycles. The topological polar surface area (TPSA) is 40.7 Å². The van der Waals surface area contributed by atoms with E-state index < -0.39 is 0 Å². The Bertz CT molecular complexity index is 646. The fourth-order valence-corrected chi connectivity index (χ4v) is 1.96. The Hall–Kier alpha value is -2.00. The summed E-state index contributed by atoms with van der Waals surface area (Å²) in [6, 6.07) is 9.64. The zero-order chi connectivity index (χ0) is 11.7. The van der Waals surface area contributed by atoms with Crippen LogP contribution < -0.4 is 5.32 Å². The van der Waals surface area contributed by atoms with Gasteiger partial charge in [0, 0.05) is 40.2 Å². The van der Waals surface area contributed by atoms with Crippen LogP contribution in [0.3, 0.4) is 0 Å². The van der Waals surface area contributed by atoms with Crippen molar-refractivity contribution in [2.45, 2.75) is 0 Å². The fourth-order valence-electron chi connectivity index (χ4n) is 1.79. The molecule has 0 radical (unpaired) electrons. The molecule has 3 aromatic rings. The van der Waals surface area contributed by atoms with Gasteiger partial charge in [-0.05, 0) is 30.3 Å². The number of H-pyrrole nitrogens is 1. The zero-order valence-corrected chi connectivity index (χ0v) is 9.70. The average Bonchev–Trinajstić information content (AvgIpc) is 2.73. The highest BCUT2D eigenvalue weighted by atomic mass is 35.5. The summed E-state index contributed by atoms with van der Waals surface area (Å²) < 4.78 is 0. The lowest BCUT2D eigenvalue weighted by molar-refractivity contribution is 1.33. The minimum absolute atomic E-state index is 0.731. The fraction of sp³-hybridized carbons (Fsp3) is 0. The largest absolute Gasteiger partial charge is 0.359 e. The van der Waals surface area contributed by atoms with Gasteiger partial charge in [0.25, 0.3) is 0 Å². The van der Waals surface area contributed by atoms with Gasteiger partial charge in [-0.1, -0.05) is 11.6 Å². The Morgan fingerprint density at radius 3 is 2.76 bits per heavy atom. The third-order valence-corrected chi connectivity index (χ3v) is 2.84. The number of benzene rings is 1. The molecule has 4 heteroatoms. The lowest BCUT2D eigenvalue weighted by Gasteiger charge is -2.03. The first-order chi connectivity index (χ1) is 8.33. The van der Waals surface area contributed by atoms with E-state index in [2.05, 4.69) is 15.3 Å². The number of hydrogen-bond donors (Lipinski definition) is 2. The second-order valence-corrected chi connectivity index (χ2v) is 4.19. The maximum absolute atomic E-state index is 5.94. The Balaban J connectivity index is 2.01. The van der Waals surface area contributed by atoms with Crippen molar-refractivity contribution in [2.75, 3.05) is 5.32 Å². The van der Waals surface area contributed by atoms with E-state index in [0.717, 1.165) is 27.3 Å². The molecule has 0 bridgehead atoms. The van der Waals surface area contributed by atoms with Crippen molar-refractivity contribution in [3.8, 4) is 0 Å². The van der Waals surface area contributed by atoms with E-state index in [4.69, 9.17) is 11.6 Å². The third-order valence-electron chi connectivity index (χ3n) is 2.60. The van der Waals surface area contributed by atoms with Crippen molar-refractivity contribution in [2.24, 2.45) is 0 Å². The van der Waals surface area contributed by atoms with Crippen LogP contribution in [0.5, 0.6) is 0 Å². The highest BCUT2D eigenvalue weighted by molar-refractivity contribution is 6.31. The summed E-state index contributed by atoms with van der Waals surface area (Å²) in [6.07, 6.45) is 5.45. The van der Waals surface area contributed by atoms with Crippen LogP contribution in [-0.2, 0) is 0 Å². The van der Waals surface area contributed by atoms with Crippen molar-refractivity contribution in [3.05, 3.63) is 53.9 Å². The van der Waals surface area contributed by atoms with Crippen molar-refractivity contribution in [3.63, 3.8) is 0 Å². The standard InChI is InChI=1S/C13H10ClN3/c14-9-1-2-11-12(7-9)16-8-13(11)17-10-3-5-15-6-4-10/h1-8,16H,(H,15,17). The van der Waals surface area contributed by atoms with E-state index in [0.29, 0.717) is 0 Å². The zero-order valence-electron chi connectivity index (χ0n) is 8.94. The summed E-state index contributed by atoms with van der Waals surface area (Å²) in [6.45, 7) is 0. The molecule has 17 heavy (non-hydrogen) atoms. The van der Waals surface area contributed by atoms with Crippen molar-refractivity contribution < 1.29 is 0 Å². The van der Waals surface area contributed by atoms with Gasteiger partial charge in [0.05, 0.1) is 5.69 Å². The number of halogens is 1. The van der Waals surface area contributed by atoms with Crippen LogP contribution in [0.4, 0.5) is 11.4 Å². The van der Waals surface area contributed by atoms with Crippen LogP contribution in [0.1, 0.15) is 0 Å². The molecule has 0 fully saturated rings. The van der Waals surface area contributed by atoms with E-state index >= 15 is 0 Å². The van der Waals surface area contributed by atoms with E-state index in [-0.39, 0.29) is 0 Å². The van der Waals surface area contributed by atoms with Gasteiger partial charge in [0.2, 0.25) is 0 Å². The molecular weight excluding hydrogens is 234 g/mol. The molecule has 0 unspecified atom stereocenters. The molecule has 84 valence electrons. The predicted octanol–water partition coefficient (Wildman–Crippen LogP) is 3.96. The summed E-state index contributed by atoms with van der Waals surface area (Å²) >= 11 is 5.94. The number of fused-ring (bicyclic) bond motifs is 1. The molecule has 2 aromatic heterocycles. The lowest BCUT2D eigenvalue weighted by atomic mass is 10.2. The quantitative estimate of drug-likeness (QED) is 0.715. The van der Waals surface area contributed by atoms with Gasteiger partial charge in [-0.3, -0.25) is 4.98 Å². The maximum Gasteiger partial charge on any atom is 0.0641 e. The first kappa shape index (κ1) is 10.2. The summed E-state index contributed by atoms with van der Waals surface area (Å²) in [7, 11) is 0. The summed E-state index contributed by atoms with van der Waals surface area (Å²) in [5.74, 6) is 0. The van der Waals surface area contributed by atoms with Crippen molar-refractivity contribution in [1.82, 2.24) is 9.97 Å². The van der Waals surface area contributed by atoms with Crippen molar-refractivity contribution in [1.29, 1.82) is 0 Å². The number of aromatic nitrogens is 2. The first-order valence-electron chi connectivity index (χ1n) is 5.26. The Kier molecular flexibility index (Phi) is 2.46. The average molecular weight is 244 g/mol. The number of nitrogens with zero attached hydrogens (tertiary/aromatic N) is 1. The number of nitrogens with one attached hydrogen (secondary N) is 2. The normalized spacial score (nSPS) is 10.6. The monoisotopic (exact) mass is 243 g/mol. The highest BCUT2D eigenvalue weighted by Gasteiger charge is 2.03. The number of rotatable bonds is 2. The van der Waals surface area contributed by atoms with Crippen LogP contribution in [0.25, 0.3) is 10.9 Å². The first-order valence-corrected chi connectivity index (χ1v) is 5.64. The molecule has 0 aliphatic carbocycles. The second kappa shape index (κ2) is 4.11. The van der Waals surface area contributed by atoms with E-state index in [1.807, 2.05) is 36.5 Å². The molecule has 2 heterocycles. The maximum atomic E-state index is 5.94. The van der Waals surface area contributed by atoms with E-state index in [1.165, 1.54) is 0 Å². The number of anilines is 2. The smallest absolute Gasteiger partial charge is 0.0641 e. The molecule has 2 N–H and O–H groups in total. The number of pyridine rings is 1. The summed E-state index contributed by atoms with van der Waals surface area (Å²) in [5, 5.41) is 5.18. The third kappa shape index (κ3) is 1.97. The molecular formula is C13H10ClN3.